The molecule has 184 valence electrons. The Morgan fingerprint density at radius 2 is 1.71 bits per heavy atom. The second kappa shape index (κ2) is 13.9. The first-order chi connectivity index (χ1) is 16.5. The van der Waals surface area contributed by atoms with Crippen molar-refractivity contribution in [3.63, 3.8) is 0 Å². The zero-order valence-corrected chi connectivity index (χ0v) is 21.9. The van der Waals surface area contributed by atoms with Gasteiger partial charge in [0.1, 0.15) is 29.7 Å². The van der Waals surface area contributed by atoms with Crippen LogP contribution in [0.1, 0.15) is 43.6 Å². The van der Waals surface area contributed by atoms with E-state index in [2.05, 4.69) is 17.3 Å². The standard InChI is InChI=1S/C25H27Cl4NO4/c1-31-30-19-5-2-4-18(14-19)17-6-8-20(9-7-17)32-11-3-12-34-25-22(26)15-21(16-23(25)27)33-13-10-24(28)29/h6-10,15-16,18H,2-5,11-14H2,1H3/b30-19+. The highest BCUT2D eigenvalue weighted by Gasteiger charge is 2.20. The SMILES string of the molecule is CO/N=C1\CCCC(c2ccc(OCCCOc3c(Cl)cc(OCC=C(Cl)Cl)cc3Cl)cc2)C1. The highest BCUT2D eigenvalue weighted by atomic mass is 35.5. The predicted molar refractivity (Wildman–Crippen MR) is 139 cm³/mol. The van der Waals surface area contributed by atoms with Crippen LogP contribution in [0.15, 0.2) is 52.1 Å². The van der Waals surface area contributed by atoms with Gasteiger partial charge in [-0.25, -0.2) is 0 Å². The lowest BCUT2D eigenvalue weighted by Crippen LogP contribution is -2.14. The van der Waals surface area contributed by atoms with Crippen molar-refractivity contribution in [3.8, 4) is 17.2 Å². The highest BCUT2D eigenvalue weighted by Crippen LogP contribution is 2.37. The van der Waals surface area contributed by atoms with Crippen molar-refractivity contribution in [2.45, 2.75) is 38.0 Å². The van der Waals surface area contributed by atoms with Crippen LogP contribution in [0.5, 0.6) is 17.2 Å². The lowest BCUT2D eigenvalue weighted by atomic mass is 9.83. The van der Waals surface area contributed by atoms with Crippen molar-refractivity contribution >= 4 is 52.1 Å². The van der Waals surface area contributed by atoms with E-state index in [1.165, 1.54) is 11.6 Å². The van der Waals surface area contributed by atoms with E-state index in [1.807, 2.05) is 12.1 Å². The van der Waals surface area contributed by atoms with Crippen LogP contribution in [0.4, 0.5) is 0 Å². The third kappa shape index (κ3) is 8.46. The number of ether oxygens (including phenoxy) is 3. The number of oxime groups is 1. The fourth-order valence-corrected chi connectivity index (χ4v) is 4.46. The molecule has 1 aliphatic carbocycles. The van der Waals surface area contributed by atoms with Crippen molar-refractivity contribution in [2.24, 2.45) is 5.16 Å². The number of hydrogen-bond acceptors (Lipinski definition) is 5. The summed E-state index contributed by atoms with van der Waals surface area (Å²) in [5.74, 6) is 2.21. The Morgan fingerprint density at radius 3 is 2.38 bits per heavy atom. The second-order valence-corrected chi connectivity index (χ2v) is 9.60. The van der Waals surface area contributed by atoms with Gasteiger partial charge in [0, 0.05) is 18.6 Å². The first-order valence-corrected chi connectivity index (χ1v) is 12.5. The molecule has 0 heterocycles. The van der Waals surface area contributed by atoms with Gasteiger partial charge in [-0.3, -0.25) is 0 Å². The molecule has 3 rings (SSSR count). The van der Waals surface area contributed by atoms with Crippen LogP contribution in [0.3, 0.4) is 0 Å². The van der Waals surface area contributed by atoms with Crippen molar-refractivity contribution in [1.29, 1.82) is 0 Å². The summed E-state index contributed by atoms with van der Waals surface area (Å²) in [7, 11) is 1.60. The Morgan fingerprint density at radius 1 is 1.00 bits per heavy atom. The number of nitrogens with zero attached hydrogens (tertiary/aromatic N) is 1. The van der Waals surface area contributed by atoms with E-state index in [-0.39, 0.29) is 11.1 Å². The Balaban J connectivity index is 1.42. The molecule has 2 aromatic carbocycles. The molecule has 1 saturated carbocycles. The zero-order chi connectivity index (χ0) is 24.3. The molecule has 1 atom stereocenters. The average molecular weight is 547 g/mol. The van der Waals surface area contributed by atoms with Crippen LogP contribution in [-0.2, 0) is 4.84 Å². The first-order valence-electron chi connectivity index (χ1n) is 11.0. The summed E-state index contributed by atoms with van der Waals surface area (Å²) in [4.78, 5) is 4.94. The summed E-state index contributed by atoms with van der Waals surface area (Å²) >= 11 is 23.7. The molecule has 1 fully saturated rings. The molecule has 5 nitrogen and oxygen atoms in total. The Bertz CT molecular complexity index is 968. The zero-order valence-electron chi connectivity index (χ0n) is 18.9. The van der Waals surface area contributed by atoms with Crippen molar-refractivity contribution in [2.75, 3.05) is 26.9 Å². The van der Waals surface area contributed by atoms with Gasteiger partial charge in [-0.1, -0.05) is 63.7 Å². The van der Waals surface area contributed by atoms with Gasteiger partial charge in [-0.15, -0.1) is 0 Å². The largest absolute Gasteiger partial charge is 0.493 e. The molecule has 0 radical (unpaired) electrons. The lowest BCUT2D eigenvalue weighted by molar-refractivity contribution is 0.210. The molecular formula is C25H27Cl4NO4. The number of halogens is 4. The van der Waals surface area contributed by atoms with E-state index in [0.717, 1.165) is 37.1 Å². The summed E-state index contributed by atoms with van der Waals surface area (Å²) in [6, 6.07) is 11.5. The van der Waals surface area contributed by atoms with E-state index in [1.54, 1.807) is 19.2 Å². The molecule has 1 unspecified atom stereocenters. The van der Waals surface area contributed by atoms with Crippen LogP contribution in [-0.4, -0.2) is 32.6 Å². The van der Waals surface area contributed by atoms with Gasteiger partial charge in [0.05, 0.1) is 29.0 Å². The number of rotatable bonds is 11. The minimum Gasteiger partial charge on any atom is -0.493 e. The van der Waals surface area contributed by atoms with E-state index in [0.29, 0.717) is 47.1 Å². The van der Waals surface area contributed by atoms with Crippen LogP contribution >= 0.6 is 46.4 Å². The molecular weight excluding hydrogens is 520 g/mol. The maximum absolute atomic E-state index is 6.29. The average Bonchev–Trinajstić information content (AvgIpc) is 2.81. The monoisotopic (exact) mass is 545 g/mol. The molecule has 0 spiro atoms. The van der Waals surface area contributed by atoms with Crippen molar-refractivity contribution in [1.82, 2.24) is 0 Å². The lowest BCUT2D eigenvalue weighted by Gasteiger charge is -2.23. The van der Waals surface area contributed by atoms with E-state index < -0.39 is 0 Å². The van der Waals surface area contributed by atoms with Gasteiger partial charge in [-0.2, -0.15) is 0 Å². The van der Waals surface area contributed by atoms with Crippen LogP contribution in [0.2, 0.25) is 10.0 Å². The summed E-state index contributed by atoms with van der Waals surface area (Å²) in [6.07, 6.45) is 6.45. The van der Waals surface area contributed by atoms with Gasteiger partial charge in [-0.05, 0) is 55.4 Å². The molecule has 1 aliphatic rings. The Hall–Kier alpha value is -1.79. The molecule has 0 N–H and O–H groups in total. The molecule has 0 aromatic heterocycles. The van der Waals surface area contributed by atoms with Gasteiger partial charge >= 0.3 is 0 Å². The van der Waals surface area contributed by atoms with Gasteiger partial charge in [0.2, 0.25) is 0 Å². The smallest absolute Gasteiger partial charge is 0.156 e. The van der Waals surface area contributed by atoms with Gasteiger partial charge < -0.3 is 19.0 Å². The fourth-order valence-electron chi connectivity index (χ4n) is 3.76. The normalized spacial score (nSPS) is 16.7. The topological polar surface area (TPSA) is 49.3 Å². The van der Waals surface area contributed by atoms with Crippen LogP contribution in [0, 0.1) is 0 Å². The minimum atomic E-state index is 0.131. The molecule has 0 aliphatic heterocycles. The number of hydrogen-bond donors (Lipinski definition) is 0. The van der Waals surface area contributed by atoms with E-state index in [9.17, 15) is 0 Å². The molecule has 34 heavy (non-hydrogen) atoms. The predicted octanol–water partition coefficient (Wildman–Crippen LogP) is 8.20. The summed E-state index contributed by atoms with van der Waals surface area (Å²) in [5, 5.41) is 4.86. The van der Waals surface area contributed by atoms with E-state index >= 15 is 0 Å². The van der Waals surface area contributed by atoms with Crippen LogP contribution in [0.25, 0.3) is 0 Å². The summed E-state index contributed by atoms with van der Waals surface area (Å²) < 4.78 is 17.2. The minimum absolute atomic E-state index is 0.131. The third-order valence-electron chi connectivity index (χ3n) is 5.34. The second-order valence-electron chi connectivity index (χ2n) is 7.77. The molecule has 0 bridgehead atoms. The quantitative estimate of drug-likeness (QED) is 0.210. The Labute approximate surface area is 220 Å². The summed E-state index contributed by atoms with van der Waals surface area (Å²) in [5.41, 5.74) is 2.44. The molecule has 2 aromatic rings. The van der Waals surface area contributed by atoms with Gasteiger partial charge in [0.15, 0.2) is 5.75 Å². The molecule has 0 amide bonds. The maximum Gasteiger partial charge on any atom is 0.156 e. The van der Waals surface area contributed by atoms with Crippen molar-refractivity contribution < 1.29 is 19.0 Å². The number of benzene rings is 2. The summed E-state index contributed by atoms with van der Waals surface area (Å²) in [6.45, 7) is 1.12. The van der Waals surface area contributed by atoms with Gasteiger partial charge in [0.25, 0.3) is 0 Å². The Kier molecular flexibility index (Phi) is 11.0. The third-order valence-corrected chi connectivity index (χ3v) is 6.21. The first kappa shape index (κ1) is 26.8. The van der Waals surface area contributed by atoms with Crippen molar-refractivity contribution in [3.05, 3.63) is 62.6 Å². The van der Waals surface area contributed by atoms with Crippen LogP contribution < -0.4 is 14.2 Å². The molecule has 9 heteroatoms. The maximum atomic E-state index is 6.29. The fraction of sp³-hybridized carbons (Fsp3) is 0.400. The van der Waals surface area contributed by atoms with E-state index in [4.69, 9.17) is 65.5 Å². The molecule has 0 saturated heterocycles. The highest BCUT2D eigenvalue weighted by molar-refractivity contribution is 6.55.